The molecule has 0 amide bonds. The zero-order valence-electron chi connectivity index (χ0n) is 10.8. The van der Waals surface area contributed by atoms with Crippen LogP contribution < -0.4 is 4.57 Å². The molecule has 1 aromatic carbocycles. The molecule has 90 valence electrons. The van der Waals surface area contributed by atoms with Gasteiger partial charge in [-0.1, -0.05) is 28.9 Å². The van der Waals surface area contributed by atoms with Gasteiger partial charge in [-0.25, -0.2) is 4.57 Å². The van der Waals surface area contributed by atoms with Crippen molar-refractivity contribution in [3.63, 3.8) is 0 Å². The molecule has 0 aliphatic heterocycles. The average molecular weight is 239 g/mol. The maximum Gasteiger partial charge on any atom is 0.177 e. The first-order chi connectivity index (χ1) is 8.61. The predicted molar refractivity (Wildman–Crippen MR) is 71.3 cm³/mol. The molecule has 0 atom stereocenters. The molecule has 0 aliphatic rings. The highest BCUT2D eigenvalue weighted by molar-refractivity contribution is 5.75. The van der Waals surface area contributed by atoms with E-state index in [0.717, 1.165) is 16.7 Å². The Morgan fingerprint density at radius 2 is 1.94 bits per heavy atom. The highest BCUT2D eigenvalue weighted by Gasteiger charge is 2.09. The van der Waals surface area contributed by atoms with Crippen molar-refractivity contribution in [3.8, 4) is 11.1 Å². The van der Waals surface area contributed by atoms with Gasteiger partial charge in [0.15, 0.2) is 11.9 Å². The minimum atomic E-state index is 0.659. The number of pyridine rings is 1. The molecule has 0 radical (unpaired) electrons. The Hall–Kier alpha value is -2.32. The molecule has 0 fully saturated rings. The van der Waals surface area contributed by atoms with E-state index in [1.807, 2.05) is 51.4 Å². The molecule has 0 aliphatic carbocycles. The quantitative estimate of drug-likeness (QED) is 0.332. The van der Waals surface area contributed by atoms with E-state index in [0.29, 0.717) is 5.69 Å². The first-order valence-electron chi connectivity index (χ1n) is 5.74. The van der Waals surface area contributed by atoms with Crippen LogP contribution in [0.25, 0.3) is 21.6 Å². The second kappa shape index (κ2) is 4.90. The van der Waals surface area contributed by atoms with E-state index < -0.39 is 0 Å². The Morgan fingerprint density at radius 1 is 1.17 bits per heavy atom. The maximum absolute atomic E-state index is 8.61. The van der Waals surface area contributed by atoms with Gasteiger partial charge in [-0.3, -0.25) is 0 Å². The molecule has 0 saturated heterocycles. The Morgan fingerprint density at radius 3 is 2.61 bits per heavy atom. The van der Waals surface area contributed by atoms with Crippen molar-refractivity contribution in [2.45, 2.75) is 13.8 Å². The van der Waals surface area contributed by atoms with E-state index in [2.05, 4.69) is 20.7 Å². The minimum Gasteiger partial charge on any atom is -0.205 e. The van der Waals surface area contributed by atoms with Gasteiger partial charge in [0.25, 0.3) is 0 Å². The monoisotopic (exact) mass is 239 g/mol. The number of azide groups is 1. The molecule has 4 nitrogen and oxygen atoms in total. The fraction of sp³-hybridized carbons (Fsp3) is 0.214. The summed E-state index contributed by atoms with van der Waals surface area (Å²) in [5.41, 5.74) is 13.6. The van der Waals surface area contributed by atoms with Gasteiger partial charge in [-0.15, -0.1) is 0 Å². The Bertz CT molecular complexity index is 640. The number of hydrogen-bond donors (Lipinski definition) is 0. The van der Waals surface area contributed by atoms with Crippen molar-refractivity contribution >= 4 is 5.69 Å². The van der Waals surface area contributed by atoms with Crippen LogP contribution in [0.5, 0.6) is 0 Å². The number of hydrogen-bond acceptors (Lipinski definition) is 1. The van der Waals surface area contributed by atoms with Gasteiger partial charge < -0.3 is 0 Å². The lowest BCUT2D eigenvalue weighted by molar-refractivity contribution is -0.677. The van der Waals surface area contributed by atoms with E-state index in [1.54, 1.807) is 0 Å². The van der Waals surface area contributed by atoms with Gasteiger partial charge in [0.1, 0.15) is 7.05 Å². The molecule has 0 bridgehead atoms. The summed E-state index contributed by atoms with van der Waals surface area (Å²) in [6, 6.07) is 9.93. The first kappa shape index (κ1) is 12.1. The molecule has 0 spiro atoms. The van der Waals surface area contributed by atoms with Gasteiger partial charge in [-0.05, 0) is 24.1 Å². The molecule has 0 unspecified atom stereocenters. The topological polar surface area (TPSA) is 52.6 Å². The van der Waals surface area contributed by atoms with Gasteiger partial charge in [0.2, 0.25) is 0 Å². The van der Waals surface area contributed by atoms with Crippen LogP contribution in [0.1, 0.15) is 11.3 Å². The number of nitrogens with zero attached hydrogens (tertiary/aromatic N) is 4. The Kier molecular flexibility index (Phi) is 3.31. The van der Waals surface area contributed by atoms with Crippen LogP contribution >= 0.6 is 0 Å². The molecule has 2 aromatic rings. The number of benzene rings is 1. The number of aromatic nitrogens is 1. The van der Waals surface area contributed by atoms with Crippen LogP contribution in [-0.4, -0.2) is 0 Å². The molecule has 2 rings (SSSR count). The average Bonchev–Trinajstić information content (AvgIpc) is 2.35. The largest absolute Gasteiger partial charge is 0.205 e. The van der Waals surface area contributed by atoms with E-state index in [-0.39, 0.29) is 0 Å². The summed E-state index contributed by atoms with van der Waals surface area (Å²) in [6.07, 6.45) is 2.04. The summed E-state index contributed by atoms with van der Waals surface area (Å²) in [5.74, 6) is 0. The van der Waals surface area contributed by atoms with Crippen LogP contribution in [0, 0.1) is 13.8 Å². The zero-order chi connectivity index (χ0) is 13.1. The molecule has 1 heterocycles. The predicted octanol–water partition coefficient (Wildman–Crippen LogP) is 3.74. The summed E-state index contributed by atoms with van der Waals surface area (Å²) in [7, 11) is 2.00. The highest BCUT2D eigenvalue weighted by Crippen LogP contribution is 2.30. The van der Waals surface area contributed by atoms with Crippen LogP contribution in [-0.2, 0) is 7.05 Å². The minimum absolute atomic E-state index is 0.659. The van der Waals surface area contributed by atoms with Crippen molar-refractivity contribution in [1.29, 1.82) is 0 Å². The maximum atomic E-state index is 8.61. The molecule has 18 heavy (non-hydrogen) atoms. The summed E-state index contributed by atoms with van der Waals surface area (Å²) >= 11 is 0. The van der Waals surface area contributed by atoms with Crippen LogP contribution in [0.2, 0.25) is 0 Å². The van der Waals surface area contributed by atoms with Crippen LogP contribution in [0.3, 0.4) is 0 Å². The number of rotatable bonds is 2. The molecule has 1 aromatic heterocycles. The van der Waals surface area contributed by atoms with Crippen molar-refractivity contribution in [1.82, 2.24) is 0 Å². The summed E-state index contributed by atoms with van der Waals surface area (Å²) in [4.78, 5) is 2.88. The van der Waals surface area contributed by atoms with E-state index in [1.165, 1.54) is 5.69 Å². The Labute approximate surface area is 106 Å². The molecular weight excluding hydrogens is 224 g/mol. The zero-order valence-corrected chi connectivity index (χ0v) is 10.8. The summed E-state index contributed by atoms with van der Waals surface area (Å²) in [6.45, 7) is 4.08. The van der Waals surface area contributed by atoms with E-state index in [9.17, 15) is 0 Å². The third kappa shape index (κ3) is 2.34. The smallest absolute Gasteiger partial charge is 0.177 e. The van der Waals surface area contributed by atoms with Gasteiger partial charge in [-0.2, -0.15) is 0 Å². The van der Waals surface area contributed by atoms with Gasteiger partial charge in [0.05, 0.1) is 0 Å². The van der Waals surface area contributed by atoms with Crippen molar-refractivity contribution in [3.05, 3.63) is 58.2 Å². The second-order valence-corrected chi connectivity index (χ2v) is 4.38. The third-order valence-corrected chi connectivity index (χ3v) is 3.01. The second-order valence-electron chi connectivity index (χ2n) is 4.38. The molecule has 0 saturated carbocycles. The van der Waals surface area contributed by atoms with Crippen molar-refractivity contribution in [2.75, 3.05) is 0 Å². The van der Waals surface area contributed by atoms with E-state index in [4.69, 9.17) is 5.53 Å². The lowest BCUT2D eigenvalue weighted by Gasteiger charge is -2.06. The van der Waals surface area contributed by atoms with Gasteiger partial charge >= 0.3 is 0 Å². The first-order valence-corrected chi connectivity index (χ1v) is 5.74. The SMILES string of the molecule is Cc1ccc(N=[N+]=[N-])c(-c2ccc(C)[n+](C)c2)c1. The standard InChI is InChI=1S/C14H15N4/c1-10-4-7-14(16-17-15)13(8-10)12-6-5-11(2)18(3)9-12/h4-9H,1-3H3/q+1. The molecule has 4 heteroatoms. The fourth-order valence-corrected chi connectivity index (χ4v) is 1.86. The molecular formula is C14H15N4+. The normalized spacial score (nSPS) is 9.94. The molecule has 0 N–H and O–H groups in total. The third-order valence-electron chi connectivity index (χ3n) is 3.01. The van der Waals surface area contributed by atoms with Crippen molar-refractivity contribution < 1.29 is 4.57 Å². The van der Waals surface area contributed by atoms with Crippen LogP contribution in [0.15, 0.2) is 41.6 Å². The summed E-state index contributed by atoms with van der Waals surface area (Å²) < 4.78 is 2.05. The highest BCUT2D eigenvalue weighted by atomic mass is 15.1. The number of aryl methyl sites for hydroxylation is 3. The van der Waals surface area contributed by atoms with Crippen molar-refractivity contribution in [2.24, 2.45) is 12.2 Å². The van der Waals surface area contributed by atoms with Gasteiger partial charge in [0, 0.05) is 29.2 Å². The lowest BCUT2D eigenvalue weighted by atomic mass is 10.0. The van der Waals surface area contributed by atoms with E-state index >= 15 is 0 Å². The Balaban J connectivity index is 2.64. The summed E-state index contributed by atoms with van der Waals surface area (Å²) in [5, 5.41) is 3.75. The fourth-order valence-electron chi connectivity index (χ4n) is 1.86. The lowest BCUT2D eigenvalue weighted by Crippen LogP contribution is -2.31. The van der Waals surface area contributed by atoms with Crippen LogP contribution in [0.4, 0.5) is 5.69 Å².